The molecule has 0 radical (unpaired) electrons. The number of pyridine rings is 1. The van der Waals surface area contributed by atoms with Crippen molar-refractivity contribution in [3.8, 4) is 21.6 Å². The lowest BCUT2D eigenvalue weighted by Crippen LogP contribution is -2.35. The Morgan fingerprint density at radius 3 is 2.88 bits per heavy atom. The number of benzene rings is 1. The summed E-state index contributed by atoms with van der Waals surface area (Å²) in [6.07, 6.45) is 5.20. The standard InChI is InChI=1S/C25H24N4O2S/c26-21-4-2-17(18-3-5-22(30)24(18)21)20-13-28-25-19(20)11-15(12-27-25)23-6-1-16(32-23)14-29-7-9-31-10-8-29/h1-2,4,6,11-13H,3,5,7-10,14,26H2,(H,27,28). The van der Waals surface area contributed by atoms with E-state index in [1.54, 1.807) is 0 Å². The maximum absolute atomic E-state index is 12.3. The molecule has 0 atom stereocenters. The minimum Gasteiger partial charge on any atom is -0.398 e. The lowest BCUT2D eigenvalue weighted by Gasteiger charge is -2.25. The van der Waals surface area contributed by atoms with Gasteiger partial charge in [0.05, 0.1) is 13.2 Å². The quantitative estimate of drug-likeness (QED) is 0.453. The number of Topliss-reactive ketones (excluding diaryl/α,β-unsaturated/α-hetero) is 1. The fourth-order valence-electron chi connectivity index (χ4n) is 4.83. The smallest absolute Gasteiger partial charge is 0.165 e. The Balaban J connectivity index is 1.36. The Morgan fingerprint density at radius 1 is 1.12 bits per heavy atom. The lowest BCUT2D eigenvalue weighted by molar-refractivity contribution is 0.0346. The molecule has 0 spiro atoms. The number of fused-ring (bicyclic) bond motifs is 2. The van der Waals surface area contributed by atoms with E-state index in [1.807, 2.05) is 35.9 Å². The van der Waals surface area contributed by atoms with E-state index >= 15 is 0 Å². The molecule has 1 aromatic carbocycles. The molecule has 0 saturated carbocycles. The van der Waals surface area contributed by atoms with Crippen molar-refractivity contribution in [3.63, 3.8) is 0 Å². The van der Waals surface area contributed by atoms with E-state index in [2.05, 4.69) is 33.1 Å². The highest BCUT2D eigenvalue weighted by Crippen LogP contribution is 2.39. The first-order valence-electron chi connectivity index (χ1n) is 11.0. The van der Waals surface area contributed by atoms with Gasteiger partial charge >= 0.3 is 0 Å². The number of nitrogens with zero attached hydrogens (tertiary/aromatic N) is 2. The van der Waals surface area contributed by atoms with Crippen LogP contribution in [-0.4, -0.2) is 47.0 Å². The summed E-state index contributed by atoms with van der Waals surface area (Å²) in [4.78, 5) is 25.3. The number of hydrogen-bond acceptors (Lipinski definition) is 6. The monoisotopic (exact) mass is 444 g/mol. The lowest BCUT2D eigenvalue weighted by atomic mass is 9.95. The minimum absolute atomic E-state index is 0.143. The zero-order chi connectivity index (χ0) is 21.7. The molecule has 4 heterocycles. The summed E-state index contributed by atoms with van der Waals surface area (Å²) >= 11 is 1.82. The molecule has 6 rings (SSSR count). The van der Waals surface area contributed by atoms with Crippen molar-refractivity contribution >= 4 is 33.8 Å². The molecule has 6 nitrogen and oxygen atoms in total. The number of carbonyl (C=O) groups excluding carboxylic acids is 1. The zero-order valence-electron chi connectivity index (χ0n) is 17.7. The average molecular weight is 445 g/mol. The Hall–Kier alpha value is -3.00. The fourth-order valence-corrected chi connectivity index (χ4v) is 5.86. The predicted molar refractivity (Wildman–Crippen MR) is 128 cm³/mol. The van der Waals surface area contributed by atoms with Gasteiger partial charge in [0.1, 0.15) is 5.65 Å². The molecule has 3 aromatic heterocycles. The van der Waals surface area contributed by atoms with Crippen LogP contribution in [0.4, 0.5) is 5.69 Å². The molecule has 162 valence electrons. The minimum atomic E-state index is 0.143. The highest BCUT2D eigenvalue weighted by molar-refractivity contribution is 7.15. The van der Waals surface area contributed by atoms with Gasteiger partial charge in [0.2, 0.25) is 0 Å². The highest BCUT2D eigenvalue weighted by Gasteiger charge is 2.26. The number of nitrogen functional groups attached to an aromatic ring is 1. The number of H-pyrrole nitrogens is 1. The molecule has 1 aliphatic heterocycles. The number of morpholine rings is 1. The van der Waals surface area contributed by atoms with Gasteiger partial charge in [0.15, 0.2) is 5.78 Å². The first kappa shape index (κ1) is 19.7. The topological polar surface area (TPSA) is 84.2 Å². The summed E-state index contributed by atoms with van der Waals surface area (Å²) in [5, 5.41) is 1.07. The first-order valence-corrected chi connectivity index (χ1v) is 11.8. The maximum atomic E-state index is 12.3. The number of hydrogen-bond donors (Lipinski definition) is 2. The van der Waals surface area contributed by atoms with Crippen LogP contribution in [0.25, 0.3) is 32.6 Å². The van der Waals surface area contributed by atoms with E-state index in [0.29, 0.717) is 17.7 Å². The zero-order valence-corrected chi connectivity index (χ0v) is 18.5. The fraction of sp³-hybridized carbons (Fsp3) is 0.280. The third-order valence-electron chi connectivity index (χ3n) is 6.48. The summed E-state index contributed by atoms with van der Waals surface area (Å²) in [5.74, 6) is 0.143. The normalized spacial score (nSPS) is 16.7. The van der Waals surface area contributed by atoms with E-state index in [4.69, 9.17) is 10.5 Å². The van der Waals surface area contributed by atoms with Gasteiger partial charge < -0.3 is 15.5 Å². The van der Waals surface area contributed by atoms with Gasteiger partial charge in [0, 0.05) is 76.0 Å². The van der Waals surface area contributed by atoms with Crippen LogP contribution in [0.1, 0.15) is 27.2 Å². The second-order valence-electron chi connectivity index (χ2n) is 8.46. The van der Waals surface area contributed by atoms with Crippen LogP contribution >= 0.6 is 11.3 Å². The molecule has 0 bridgehead atoms. The van der Waals surface area contributed by atoms with E-state index in [1.165, 1.54) is 9.75 Å². The van der Waals surface area contributed by atoms with Crippen LogP contribution in [0.2, 0.25) is 0 Å². The van der Waals surface area contributed by atoms with Crippen molar-refractivity contribution in [1.82, 2.24) is 14.9 Å². The summed E-state index contributed by atoms with van der Waals surface area (Å²) in [7, 11) is 0. The van der Waals surface area contributed by atoms with E-state index in [9.17, 15) is 4.79 Å². The van der Waals surface area contributed by atoms with Gasteiger partial charge in [-0.3, -0.25) is 9.69 Å². The number of nitrogens with one attached hydrogen (secondary N) is 1. The third kappa shape index (κ3) is 3.33. The molecule has 1 saturated heterocycles. The molecule has 0 unspecified atom stereocenters. The van der Waals surface area contributed by atoms with Crippen LogP contribution in [0.3, 0.4) is 0 Å². The third-order valence-corrected chi connectivity index (χ3v) is 7.60. The maximum Gasteiger partial charge on any atom is 0.165 e. The van der Waals surface area contributed by atoms with E-state index < -0.39 is 0 Å². The van der Waals surface area contributed by atoms with Gasteiger partial charge in [0.25, 0.3) is 0 Å². The van der Waals surface area contributed by atoms with E-state index in [-0.39, 0.29) is 5.78 Å². The average Bonchev–Trinajstić information content (AvgIpc) is 3.54. The van der Waals surface area contributed by atoms with Crippen LogP contribution in [0, 0.1) is 0 Å². The predicted octanol–water partition coefficient (Wildman–Crippen LogP) is 4.50. The van der Waals surface area contributed by atoms with Crippen molar-refractivity contribution < 1.29 is 9.53 Å². The van der Waals surface area contributed by atoms with Crippen LogP contribution in [0.5, 0.6) is 0 Å². The van der Waals surface area contributed by atoms with E-state index in [0.717, 1.165) is 72.6 Å². The number of carbonyl (C=O) groups is 1. The molecule has 32 heavy (non-hydrogen) atoms. The molecule has 1 fully saturated rings. The molecule has 3 N–H and O–H groups in total. The number of aromatic nitrogens is 2. The molecule has 0 amide bonds. The van der Waals surface area contributed by atoms with Crippen molar-refractivity contribution in [2.45, 2.75) is 19.4 Å². The van der Waals surface area contributed by atoms with Crippen LogP contribution in [0.15, 0.2) is 42.7 Å². The summed E-state index contributed by atoms with van der Waals surface area (Å²) in [6.45, 7) is 4.57. The summed E-state index contributed by atoms with van der Waals surface area (Å²) in [5.41, 5.74) is 12.6. The van der Waals surface area contributed by atoms with Crippen molar-refractivity contribution in [3.05, 3.63) is 58.7 Å². The number of nitrogens with two attached hydrogens (primary N) is 1. The number of aromatic amines is 1. The number of ketones is 1. The second-order valence-corrected chi connectivity index (χ2v) is 9.62. The van der Waals surface area contributed by atoms with Gasteiger partial charge in [-0.05, 0) is 41.8 Å². The van der Waals surface area contributed by atoms with Gasteiger partial charge in [-0.25, -0.2) is 4.98 Å². The molecule has 1 aliphatic carbocycles. The van der Waals surface area contributed by atoms with Gasteiger partial charge in [-0.1, -0.05) is 6.07 Å². The highest BCUT2D eigenvalue weighted by atomic mass is 32.1. The number of ether oxygens (including phenoxy) is 1. The number of rotatable bonds is 4. The van der Waals surface area contributed by atoms with Crippen molar-refractivity contribution in [1.29, 1.82) is 0 Å². The number of anilines is 1. The SMILES string of the molecule is Nc1ccc(-c2c[nH]c3ncc(-c4ccc(CN5CCOCC5)s4)cc23)c2c1C(=O)CC2. The first-order chi connectivity index (χ1) is 15.7. The molecule has 4 aromatic rings. The molecular formula is C25H24N4O2S. The van der Waals surface area contributed by atoms with Crippen molar-refractivity contribution in [2.75, 3.05) is 32.0 Å². The van der Waals surface area contributed by atoms with Crippen molar-refractivity contribution in [2.24, 2.45) is 0 Å². The van der Waals surface area contributed by atoms with Crippen LogP contribution in [-0.2, 0) is 17.7 Å². The Kier molecular flexibility index (Phi) is 4.82. The van der Waals surface area contributed by atoms with Gasteiger partial charge in [-0.15, -0.1) is 11.3 Å². The molecule has 7 heteroatoms. The largest absolute Gasteiger partial charge is 0.398 e. The Bertz CT molecular complexity index is 1330. The van der Waals surface area contributed by atoms with Gasteiger partial charge in [-0.2, -0.15) is 0 Å². The Morgan fingerprint density at radius 2 is 2.00 bits per heavy atom. The Labute approximate surface area is 190 Å². The summed E-state index contributed by atoms with van der Waals surface area (Å²) in [6, 6.07) is 10.5. The number of thiophene rings is 1. The second kappa shape index (κ2) is 7.85. The summed E-state index contributed by atoms with van der Waals surface area (Å²) < 4.78 is 5.46. The molecular weight excluding hydrogens is 420 g/mol. The molecule has 2 aliphatic rings. The van der Waals surface area contributed by atoms with Crippen LogP contribution < -0.4 is 5.73 Å².